The predicted molar refractivity (Wildman–Crippen MR) is 127 cm³/mol. The van der Waals surface area contributed by atoms with Crippen molar-refractivity contribution < 1.29 is 20.1 Å². The van der Waals surface area contributed by atoms with Crippen LogP contribution in [0.15, 0.2) is 0 Å². The van der Waals surface area contributed by atoms with Gasteiger partial charge in [0.2, 0.25) is 0 Å². The first-order valence-electron chi connectivity index (χ1n) is 12.2. The fraction of sp³-hybridized carbons (Fsp3) is 0.958. The highest BCUT2D eigenvalue weighted by molar-refractivity contribution is 5.66. The maximum absolute atomic E-state index is 10.3. The summed E-state index contributed by atoms with van der Waals surface area (Å²) in [6, 6.07) is 0. The second kappa shape index (κ2) is 41.7. The Morgan fingerprint density at radius 1 is 0.586 bits per heavy atom. The van der Waals surface area contributed by atoms with Crippen molar-refractivity contribution in [3.8, 4) is 0 Å². The molecule has 0 heterocycles. The third kappa shape index (κ3) is 65.7. The molecular formula is C24H55NO4. The van der Waals surface area contributed by atoms with Crippen molar-refractivity contribution in [3.05, 3.63) is 0 Å². The van der Waals surface area contributed by atoms with Crippen molar-refractivity contribution in [2.24, 2.45) is 5.73 Å². The van der Waals surface area contributed by atoms with Gasteiger partial charge in [0.25, 0.3) is 0 Å². The summed E-state index contributed by atoms with van der Waals surface area (Å²) < 4.78 is 0. The molecule has 0 unspecified atom stereocenters. The van der Waals surface area contributed by atoms with Gasteiger partial charge in [-0.2, -0.15) is 0 Å². The molecular weight excluding hydrogens is 366 g/mol. The number of nitrogens with two attached hydrogens (primary N) is 1. The number of carboxylic acids is 1. The van der Waals surface area contributed by atoms with Crippen LogP contribution in [-0.2, 0) is 4.79 Å². The van der Waals surface area contributed by atoms with Gasteiger partial charge in [-0.15, -0.1) is 0 Å². The van der Waals surface area contributed by atoms with E-state index in [0.717, 1.165) is 19.4 Å². The molecule has 29 heavy (non-hydrogen) atoms. The van der Waals surface area contributed by atoms with Gasteiger partial charge in [-0.05, 0) is 26.8 Å². The zero-order valence-corrected chi connectivity index (χ0v) is 20.3. The smallest absolute Gasteiger partial charge is 0.303 e. The number of carbonyl (C=O) groups is 1. The molecule has 0 amide bonds. The second-order valence-electron chi connectivity index (χ2n) is 7.13. The van der Waals surface area contributed by atoms with E-state index in [2.05, 4.69) is 6.92 Å². The lowest BCUT2D eigenvalue weighted by atomic mass is 10.0. The Bertz CT molecular complexity index is 246. The monoisotopic (exact) mass is 421 g/mol. The molecule has 0 saturated carbocycles. The highest BCUT2D eigenvalue weighted by Crippen LogP contribution is 2.13. The Morgan fingerprint density at radius 2 is 0.793 bits per heavy atom. The third-order valence-corrected chi connectivity index (χ3v) is 3.99. The maximum atomic E-state index is 10.3. The summed E-state index contributed by atoms with van der Waals surface area (Å²) in [6.07, 6.45) is 20.2. The molecule has 0 aromatic rings. The number of aliphatic carboxylic acids is 1. The SMILES string of the molecule is CCCCCCCCCCCCCCCCCC(=O)O.CCN.CCO.CCO. The number of unbranched alkanes of at least 4 members (excludes halogenated alkanes) is 14. The van der Waals surface area contributed by atoms with Gasteiger partial charge in [-0.25, -0.2) is 0 Å². The van der Waals surface area contributed by atoms with Crippen LogP contribution in [0, 0.1) is 0 Å². The summed E-state index contributed by atoms with van der Waals surface area (Å²) in [6.45, 7) is 8.78. The molecule has 0 radical (unpaired) electrons. The summed E-state index contributed by atoms with van der Waals surface area (Å²) in [7, 11) is 0. The van der Waals surface area contributed by atoms with Gasteiger partial charge in [0.1, 0.15) is 0 Å². The highest BCUT2D eigenvalue weighted by Gasteiger charge is 1.97. The first kappa shape index (κ1) is 35.8. The molecule has 0 spiro atoms. The first-order valence-corrected chi connectivity index (χ1v) is 12.2. The lowest BCUT2D eigenvalue weighted by Gasteiger charge is -2.03. The van der Waals surface area contributed by atoms with Crippen molar-refractivity contribution in [1.29, 1.82) is 0 Å². The molecule has 180 valence electrons. The van der Waals surface area contributed by atoms with Gasteiger partial charge >= 0.3 is 5.97 Å². The van der Waals surface area contributed by atoms with Gasteiger partial charge in [0.15, 0.2) is 0 Å². The van der Waals surface area contributed by atoms with Crippen LogP contribution in [-0.4, -0.2) is 41.0 Å². The minimum Gasteiger partial charge on any atom is -0.481 e. The van der Waals surface area contributed by atoms with Crippen LogP contribution in [0.3, 0.4) is 0 Å². The maximum Gasteiger partial charge on any atom is 0.303 e. The average molecular weight is 422 g/mol. The molecule has 0 aromatic heterocycles. The largest absolute Gasteiger partial charge is 0.481 e. The lowest BCUT2D eigenvalue weighted by Crippen LogP contribution is -1.93. The fourth-order valence-corrected chi connectivity index (χ4v) is 2.65. The van der Waals surface area contributed by atoms with Crippen molar-refractivity contribution in [2.45, 2.75) is 130 Å². The highest BCUT2D eigenvalue weighted by atomic mass is 16.4. The van der Waals surface area contributed by atoms with E-state index in [1.807, 2.05) is 6.92 Å². The minimum absolute atomic E-state index is 0.250. The van der Waals surface area contributed by atoms with E-state index in [1.54, 1.807) is 13.8 Å². The van der Waals surface area contributed by atoms with E-state index < -0.39 is 5.97 Å². The third-order valence-electron chi connectivity index (χ3n) is 3.99. The summed E-state index contributed by atoms with van der Waals surface area (Å²) in [4.78, 5) is 10.3. The summed E-state index contributed by atoms with van der Waals surface area (Å²) in [5.41, 5.74) is 4.85. The van der Waals surface area contributed by atoms with Crippen LogP contribution in [0.1, 0.15) is 130 Å². The average Bonchev–Trinajstić information content (AvgIpc) is 2.66. The Morgan fingerprint density at radius 3 is 1.00 bits per heavy atom. The Hall–Kier alpha value is -0.650. The van der Waals surface area contributed by atoms with Crippen molar-refractivity contribution in [3.63, 3.8) is 0 Å². The van der Waals surface area contributed by atoms with E-state index >= 15 is 0 Å². The summed E-state index contributed by atoms with van der Waals surface area (Å²) >= 11 is 0. The van der Waals surface area contributed by atoms with Gasteiger partial charge in [-0.1, -0.05) is 104 Å². The number of rotatable bonds is 16. The molecule has 0 aliphatic carbocycles. The van der Waals surface area contributed by atoms with Gasteiger partial charge in [0.05, 0.1) is 0 Å². The van der Waals surface area contributed by atoms with E-state index in [-0.39, 0.29) is 13.2 Å². The molecule has 5 heteroatoms. The molecule has 0 aromatic carbocycles. The Kier molecular flexibility index (Phi) is 51.4. The van der Waals surface area contributed by atoms with Crippen molar-refractivity contribution >= 4 is 5.97 Å². The van der Waals surface area contributed by atoms with E-state index in [9.17, 15) is 4.79 Å². The van der Waals surface area contributed by atoms with E-state index in [0.29, 0.717) is 6.42 Å². The molecule has 0 fully saturated rings. The van der Waals surface area contributed by atoms with Crippen LogP contribution in [0.2, 0.25) is 0 Å². The zero-order chi connectivity index (χ0) is 23.0. The fourth-order valence-electron chi connectivity index (χ4n) is 2.65. The predicted octanol–water partition coefficient (Wildman–Crippen LogP) is 6.29. The number of hydrogen-bond donors (Lipinski definition) is 4. The topological polar surface area (TPSA) is 104 Å². The van der Waals surface area contributed by atoms with Gasteiger partial charge in [-0.3, -0.25) is 4.79 Å². The number of aliphatic hydroxyl groups is 2. The normalized spacial score (nSPS) is 9.34. The molecule has 5 nitrogen and oxygen atoms in total. The number of hydrogen-bond acceptors (Lipinski definition) is 4. The van der Waals surface area contributed by atoms with Gasteiger partial charge < -0.3 is 21.1 Å². The molecule has 5 N–H and O–H groups in total. The second-order valence-corrected chi connectivity index (χ2v) is 7.13. The lowest BCUT2D eigenvalue weighted by molar-refractivity contribution is -0.137. The molecule has 0 saturated heterocycles. The quantitative estimate of drug-likeness (QED) is 0.219. The molecule has 0 aliphatic heterocycles. The Balaban J connectivity index is -0.000000293. The molecule has 0 aliphatic rings. The van der Waals surface area contributed by atoms with Crippen LogP contribution in [0.5, 0.6) is 0 Å². The van der Waals surface area contributed by atoms with Crippen molar-refractivity contribution in [2.75, 3.05) is 19.8 Å². The number of carboxylic acid groups (broad SMARTS) is 1. The molecule has 0 rings (SSSR count). The number of aliphatic hydroxyl groups excluding tert-OH is 2. The van der Waals surface area contributed by atoms with E-state index in [4.69, 9.17) is 21.1 Å². The van der Waals surface area contributed by atoms with Crippen LogP contribution >= 0.6 is 0 Å². The van der Waals surface area contributed by atoms with Crippen LogP contribution in [0.25, 0.3) is 0 Å². The summed E-state index contributed by atoms with van der Waals surface area (Å²) in [5.74, 6) is -0.653. The standard InChI is InChI=1S/C18H36O2.C2H7N.2C2H6O/c1-2-3-4-5-6-7-8-9-10-11-12-13-14-15-16-17-18(19)20;3*1-2-3/h2-17H2,1H3,(H,19,20);2-3H2,1H3;2*3H,2H2,1H3. The molecule has 0 atom stereocenters. The Labute approximate surface area is 182 Å². The molecule has 0 bridgehead atoms. The van der Waals surface area contributed by atoms with E-state index in [1.165, 1.54) is 83.5 Å². The minimum atomic E-state index is -0.653. The first-order chi connectivity index (χ1) is 14.0. The zero-order valence-electron chi connectivity index (χ0n) is 20.3. The summed E-state index contributed by atoms with van der Waals surface area (Å²) in [5, 5.41) is 23.7. The van der Waals surface area contributed by atoms with Crippen molar-refractivity contribution in [1.82, 2.24) is 0 Å². The van der Waals surface area contributed by atoms with Crippen LogP contribution < -0.4 is 5.73 Å². The van der Waals surface area contributed by atoms with Crippen LogP contribution in [0.4, 0.5) is 0 Å². The van der Waals surface area contributed by atoms with Gasteiger partial charge in [0, 0.05) is 19.6 Å².